The standard InChI is InChI=1S/C11H20O2/c1-8(2)6-5-7-11(4)10(13-11)9(3)12/h6,9-10,12H,5,7H2,1-4H3/t9?,10-,11-/m0/s1. The Hall–Kier alpha value is -0.340. The van der Waals surface area contributed by atoms with Crippen LogP contribution in [0.25, 0.3) is 0 Å². The van der Waals surface area contributed by atoms with E-state index in [-0.39, 0.29) is 17.8 Å². The minimum Gasteiger partial charge on any atom is -0.391 e. The van der Waals surface area contributed by atoms with Crippen LogP contribution < -0.4 is 0 Å². The van der Waals surface area contributed by atoms with Crippen LogP contribution in [0.2, 0.25) is 0 Å². The predicted molar refractivity (Wildman–Crippen MR) is 53.6 cm³/mol. The summed E-state index contributed by atoms with van der Waals surface area (Å²) >= 11 is 0. The zero-order valence-corrected chi connectivity index (χ0v) is 9.00. The van der Waals surface area contributed by atoms with Crippen molar-refractivity contribution in [1.29, 1.82) is 0 Å². The quantitative estimate of drug-likeness (QED) is 0.537. The first kappa shape index (κ1) is 10.7. The molecule has 13 heavy (non-hydrogen) atoms. The molecule has 0 spiro atoms. The summed E-state index contributed by atoms with van der Waals surface area (Å²) in [7, 11) is 0. The van der Waals surface area contributed by atoms with E-state index in [1.807, 2.05) is 0 Å². The molecule has 0 radical (unpaired) electrons. The number of hydrogen-bond donors (Lipinski definition) is 1. The molecule has 1 aliphatic rings. The number of ether oxygens (including phenoxy) is 1. The second-order valence-electron chi connectivity index (χ2n) is 4.41. The smallest absolute Gasteiger partial charge is 0.113 e. The Morgan fingerprint density at radius 2 is 2.23 bits per heavy atom. The minimum absolute atomic E-state index is 0.0538. The Morgan fingerprint density at radius 3 is 2.62 bits per heavy atom. The lowest BCUT2D eigenvalue weighted by Gasteiger charge is -2.05. The molecular formula is C11H20O2. The van der Waals surface area contributed by atoms with Crippen LogP contribution in [0.3, 0.4) is 0 Å². The van der Waals surface area contributed by atoms with Gasteiger partial charge < -0.3 is 9.84 Å². The van der Waals surface area contributed by atoms with E-state index in [0.717, 1.165) is 12.8 Å². The van der Waals surface area contributed by atoms with Gasteiger partial charge in [0.25, 0.3) is 0 Å². The molecule has 3 atom stereocenters. The topological polar surface area (TPSA) is 32.8 Å². The third kappa shape index (κ3) is 2.82. The molecule has 1 fully saturated rings. The van der Waals surface area contributed by atoms with Crippen LogP contribution in [0.4, 0.5) is 0 Å². The highest BCUT2D eigenvalue weighted by Gasteiger charge is 2.53. The highest BCUT2D eigenvalue weighted by molar-refractivity contribution is 5.04. The van der Waals surface area contributed by atoms with Crippen LogP contribution in [0.1, 0.15) is 40.5 Å². The van der Waals surface area contributed by atoms with Gasteiger partial charge in [0.05, 0.1) is 11.7 Å². The van der Waals surface area contributed by atoms with Gasteiger partial charge in [-0.25, -0.2) is 0 Å². The van der Waals surface area contributed by atoms with E-state index < -0.39 is 0 Å². The van der Waals surface area contributed by atoms with Crippen LogP contribution in [0.15, 0.2) is 11.6 Å². The van der Waals surface area contributed by atoms with E-state index in [1.54, 1.807) is 6.92 Å². The molecule has 1 rings (SSSR count). The molecule has 1 saturated heterocycles. The largest absolute Gasteiger partial charge is 0.391 e. The van der Waals surface area contributed by atoms with Crippen molar-refractivity contribution >= 4 is 0 Å². The maximum Gasteiger partial charge on any atom is 0.113 e. The molecular weight excluding hydrogens is 164 g/mol. The van der Waals surface area contributed by atoms with Gasteiger partial charge in [-0.3, -0.25) is 0 Å². The number of hydrogen-bond acceptors (Lipinski definition) is 2. The van der Waals surface area contributed by atoms with Gasteiger partial charge in [-0.05, 0) is 40.5 Å². The SMILES string of the molecule is CC(C)=CCC[C@]1(C)O[C@H]1C(C)O. The monoisotopic (exact) mass is 184 g/mol. The zero-order chi connectivity index (χ0) is 10.1. The molecule has 1 heterocycles. The van der Waals surface area contributed by atoms with E-state index >= 15 is 0 Å². The third-order valence-electron chi connectivity index (χ3n) is 2.57. The lowest BCUT2D eigenvalue weighted by Crippen LogP contribution is -2.19. The molecule has 0 aliphatic carbocycles. The average Bonchev–Trinajstić information content (AvgIpc) is 2.62. The van der Waals surface area contributed by atoms with E-state index in [2.05, 4.69) is 26.8 Å². The number of allylic oxidation sites excluding steroid dienone is 2. The summed E-state index contributed by atoms with van der Waals surface area (Å²) in [6, 6.07) is 0. The van der Waals surface area contributed by atoms with Crippen molar-refractivity contribution in [1.82, 2.24) is 0 Å². The van der Waals surface area contributed by atoms with Crippen molar-refractivity contribution in [3.05, 3.63) is 11.6 Å². The summed E-state index contributed by atoms with van der Waals surface area (Å²) in [5, 5.41) is 9.30. The molecule has 2 nitrogen and oxygen atoms in total. The maximum atomic E-state index is 9.30. The Balaban J connectivity index is 2.28. The molecule has 0 aromatic heterocycles. The van der Waals surface area contributed by atoms with Crippen LogP contribution in [-0.2, 0) is 4.74 Å². The first-order valence-electron chi connectivity index (χ1n) is 4.95. The van der Waals surface area contributed by atoms with Gasteiger partial charge in [0.15, 0.2) is 0 Å². The summed E-state index contributed by atoms with van der Waals surface area (Å²) in [6.45, 7) is 8.06. The normalized spacial score (nSPS) is 34.1. The Kier molecular flexibility index (Phi) is 3.14. The van der Waals surface area contributed by atoms with Crippen molar-refractivity contribution in [2.75, 3.05) is 0 Å². The lowest BCUT2D eigenvalue weighted by molar-refractivity contribution is 0.152. The van der Waals surface area contributed by atoms with Gasteiger partial charge in [-0.1, -0.05) is 11.6 Å². The first-order valence-corrected chi connectivity index (χ1v) is 4.95. The van der Waals surface area contributed by atoms with Gasteiger partial charge in [0, 0.05) is 0 Å². The van der Waals surface area contributed by atoms with Gasteiger partial charge in [0.1, 0.15) is 6.10 Å². The van der Waals surface area contributed by atoms with Crippen LogP contribution >= 0.6 is 0 Å². The molecule has 1 N–H and O–H groups in total. The van der Waals surface area contributed by atoms with Crippen LogP contribution in [-0.4, -0.2) is 22.9 Å². The molecule has 2 heteroatoms. The maximum absolute atomic E-state index is 9.30. The van der Waals surface area contributed by atoms with Gasteiger partial charge in [-0.15, -0.1) is 0 Å². The Labute approximate surface area is 80.6 Å². The number of aliphatic hydroxyl groups excluding tert-OH is 1. The van der Waals surface area contributed by atoms with E-state index in [4.69, 9.17) is 4.74 Å². The fourth-order valence-electron chi connectivity index (χ4n) is 1.71. The van der Waals surface area contributed by atoms with E-state index in [1.165, 1.54) is 5.57 Å². The molecule has 0 amide bonds. The number of rotatable bonds is 4. The summed E-state index contributed by atoms with van der Waals surface area (Å²) in [5.41, 5.74) is 1.28. The molecule has 1 unspecified atom stereocenters. The summed E-state index contributed by atoms with van der Waals surface area (Å²) < 4.78 is 5.47. The summed E-state index contributed by atoms with van der Waals surface area (Å²) in [6.07, 6.45) is 3.98. The van der Waals surface area contributed by atoms with Gasteiger partial charge in [-0.2, -0.15) is 0 Å². The fraction of sp³-hybridized carbons (Fsp3) is 0.818. The van der Waals surface area contributed by atoms with Crippen molar-refractivity contribution in [2.24, 2.45) is 0 Å². The van der Waals surface area contributed by atoms with Gasteiger partial charge >= 0.3 is 0 Å². The third-order valence-corrected chi connectivity index (χ3v) is 2.57. The molecule has 0 aromatic carbocycles. The lowest BCUT2D eigenvalue weighted by atomic mass is 9.98. The van der Waals surface area contributed by atoms with Crippen LogP contribution in [0, 0.1) is 0 Å². The van der Waals surface area contributed by atoms with Crippen LogP contribution in [0.5, 0.6) is 0 Å². The van der Waals surface area contributed by atoms with Crippen molar-refractivity contribution in [2.45, 2.75) is 58.3 Å². The van der Waals surface area contributed by atoms with Crippen molar-refractivity contribution in [3.8, 4) is 0 Å². The minimum atomic E-state index is -0.336. The Bertz CT molecular complexity index is 204. The van der Waals surface area contributed by atoms with Gasteiger partial charge in [0.2, 0.25) is 0 Å². The number of epoxide rings is 1. The molecule has 0 aromatic rings. The summed E-state index contributed by atoms with van der Waals surface area (Å²) in [5.74, 6) is 0. The number of aliphatic hydroxyl groups is 1. The Morgan fingerprint density at radius 1 is 1.62 bits per heavy atom. The summed E-state index contributed by atoms with van der Waals surface area (Å²) in [4.78, 5) is 0. The highest BCUT2D eigenvalue weighted by Crippen LogP contribution is 2.42. The second kappa shape index (κ2) is 3.81. The second-order valence-corrected chi connectivity index (χ2v) is 4.41. The van der Waals surface area contributed by atoms with E-state index in [0.29, 0.717) is 0 Å². The zero-order valence-electron chi connectivity index (χ0n) is 9.00. The highest BCUT2D eigenvalue weighted by atomic mass is 16.6. The molecule has 0 saturated carbocycles. The molecule has 76 valence electrons. The average molecular weight is 184 g/mol. The predicted octanol–water partition coefficient (Wildman–Crippen LogP) is 2.27. The van der Waals surface area contributed by atoms with Crippen molar-refractivity contribution in [3.63, 3.8) is 0 Å². The first-order chi connectivity index (χ1) is 5.96. The molecule has 1 aliphatic heterocycles. The molecule has 0 bridgehead atoms. The fourth-order valence-corrected chi connectivity index (χ4v) is 1.71. The van der Waals surface area contributed by atoms with E-state index in [9.17, 15) is 5.11 Å². The van der Waals surface area contributed by atoms with Crippen molar-refractivity contribution < 1.29 is 9.84 Å².